The Bertz CT molecular complexity index is 2440. The fourth-order valence-electron chi connectivity index (χ4n) is 13.3. The smallest absolute Gasteiger partial charge is 0.343 e. The molecule has 4 bridgehead atoms. The molecule has 304 valence electrons. The highest BCUT2D eigenvalue weighted by atomic mass is 16.6. The Labute approximate surface area is 342 Å². The molecule has 59 heavy (non-hydrogen) atoms. The van der Waals surface area contributed by atoms with Crippen molar-refractivity contribution in [1.29, 1.82) is 0 Å². The van der Waals surface area contributed by atoms with Crippen molar-refractivity contribution < 1.29 is 47.6 Å². The predicted molar refractivity (Wildman–Crippen MR) is 212 cm³/mol. The molecule has 11 rings (SSSR count). The van der Waals surface area contributed by atoms with Gasteiger partial charge in [-0.1, -0.05) is 38.1 Å². The van der Waals surface area contributed by atoms with E-state index in [9.17, 15) is 19.2 Å². The van der Waals surface area contributed by atoms with Crippen LogP contribution >= 0.6 is 0 Å². The van der Waals surface area contributed by atoms with E-state index in [0.29, 0.717) is 41.4 Å². The number of esters is 4. The van der Waals surface area contributed by atoms with Gasteiger partial charge in [-0.2, -0.15) is 0 Å². The summed E-state index contributed by atoms with van der Waals surface area (Å²) in [4.78, 5) is 51.8. The lowest BCUT2D eigenvalue weighted by molar-refractivity contribution is -0.152. The molecule has 2 heterocycles. The third-order valence-corrected chi connectivity index (χ3v) is 15.8. The number of hydrogen-bond donors (Lipinski definition) is 1. The maximum atomic E-state index is 13.8. The second kappa shape index (κ2) is 12.5. The number of carbonyl (C=O) groups excluding carboxylic acids is 4. The number of benzene rings is 3. The van der Waals surface area contributed by atoms with E-state index >= 15 is 0 Å². The van der Waals surface area contributed by atoms with Crippen molar-refractivity contribution in [3.05, 3.63) is 106 Å². The molecule has 4 unspecified atom stereocenters. The van der Waals surface area contributed by atoms with Crippen LogP contribution in [0.4, 0.5) is 0 Å². The number of nitrogens with two attached hydrogens (primary N) is 1. The van der Waals surface area contributed by atoms with Crippen molar-refractivity contribution in [2.24, 2.45) is 40.7 Å². The largest absolute Gasteiger partial charge is 0.481 e. The van der Waals surface area contributed by atoms with E-state index in [2.05, 4.69) is 26.0 Å². The van der Waals surface area contributed by atoms with Gasteiger partial charge in [0, 0.05) is 35.8 Å². The van der Waals surface area contributed by atoms with E-state index in [0.717, 1.165) is 48.8 Å². The van der Waals surface area contributed by atoms with Crippen LogP contribution in [0.25, 0.3) is 0 Å². The Balaban J connectivity index is 0.852. The minimum atomic E-state index is -0.612. The van der Waals surface area contributed by atoms with Crippen LogP contribution in [0.3, 0.4) is 0 Å². The van der Waals surface area contributed by atoms with Gasteiger partial charge in [-0.25, -0.2) is 9.59 Å². The van der Waals surface area contributed by atoms with Crippen LogP contribution in [0.5, 0.6) is 23.0 Å². The lowest BCUT2D eigenvalue weighted by atomic mass is 9.48. The molecule has 0 aromatic heterocycles. The number of hydrogen-bond acceptors (Lipinski definition) is 11. The molecule has 0 amide bonds. The second-order valence-corrected chi connectivity index (χ2v) is 18.4. The molecular weight excluding hydrogens is 751 g/mol. The average Bonchev–Trinajstić information content (AvgIpc) is 3.82. The first-order chi connectivity index (χ1) is 28.4. The normalized spacial score (nSPS) is 36.4. The van der Waals surface area contributed by atoms with E-state index in [-0.39, 0.29) is 45.7 Å². The topological polar surface area (TPSA) is 150 Å². The van der Waals surface area contributed by atoms with Crippen molar-refractivity contribution in [3.8, 4) is 23.0 Å². The third kappa shape index (κ3) is 4.85. The summed E-state index contributed by atoms with van der Waals surface area (Å²) < 4.78 is 37.2. The predicted octanol–water partition coefficient (Wildman–Crippen LogP) is 6.50. The van der Waals surface area contributed by atoms with Gasteiger partial charge in [0.25, 0.3) is 0 Å². The van der Waals surface area contributed by atoms with E-state index in [1.54, 1.807) is 36.4 Å². The van der Waals surface area contributed by atoms with Gasteiger partial charge in [-0.3, -0.25) is 9.59 Å². The van der Waals surface area contributed by atoms with Crippen LogP contribution in [0, 0.1) is 35.0 Å². The zero-order valence-electron chi connectivity index (χ0n) is 33.5. The van der Waals surface area contributed by atoms with Crippen LogP contribution < -0.4 is 24.7 Å². The Hall–Kier alpha value is -5.42. The highest BCUT2D eigenvalue weighted by Gasteiger charge is 2.71. The van der Waals surface area contributed by atoms with Gasteiger partial charge in [0.15, 0.2) is 35.2 Å². The molecule has 0 saturated heterocycles. The number of rotatable bonds is 7. The number of ether oxygens (including phenoxy) is 6. The van der Waals surface area contributed by atoms with Crippen LogP contribution in [0.15, 0.2) is 72.8 Å². The Kier molecular flexibility index (Phi) is 7.79. The van der Waals surface area contributed by atoms with Crippen LogP contribution in [-0.2, 0) is 42.7 Å². The van der Waals surface area contributed by atoms with Gasteiger partial charge in [0.2, 0.25) is 0 Å². The average molecular weight is 798 g/mol. The highest BCUT2D eigenvalue weighted by molar-refractivity contribution is 5.95. The van der Waals surface area contributed by atoms with Crippen molar-refractivity contribution in [3.63, 3.8) is 0 Å². The van der Waals surface area contributed by atoms with Crippen LogP contribution in [0.2, 0.25) is 0 Å². The standard InChI is InChI=1S/C48H47NO10/c1-23-17-18-47-33-12-16-36(54-25(3)50)42(47)58-40-34(13-9-29(38(40)47)19-31(23)33)56-44(52)27-5-7-28(8-6-27)45(53)57-35-14-10-30-20-46(22-49)21-48-32(24(46)2)11-15-37(55-26(4)51)43(48)59-41(35)39(30)48/h5-16,23-24,31-33,36-37,42-43H,17-22,49H2,1-4H3/t23?,24-,31-,32?,33?,36-,37-,42-,43-,46?,47-,48-/m0/s1. The summed E-state index contributed by atoms with van der Waals surface area (Å²) in [5.74, 6) is 1.27. The van der Waals surface area contributed by atoms with Gasteiger partial charge in [-0.05, 0) is 133 Å². The number of allylic oxidation sites excluding steroid dienone is 2. The van der Waals surface area contributed by atoms with Gasteiger partial charge in [0.05, 0.1) is 11.1 Å². The summed E-state index contributed by atoms with van der Waals surface area (Å²) in [5.41, 5.74) is 10.4. The molecule has 0 radical (unpaired) electrons. The molecule has 3 aromatic rings. The Morgan fingerprint density at radius 3 is 1.83 bits per heavy atom. The monoisotopic (exact) mass is 797 g/mol. The van der Waals surface area contributed by atoms with Crippen molar-refractivity contribution in [1.82, 2.24) is 0 Å². The van der Waals surface area contributed by atoms with Crippen LogP contribution in [-0.4, -0.2) is 54.8 Å². The minimum Gasteiger partial charge on any atom is -0.481 e. The maximum absolute atomic E-state index is 13.8. The van der Waals surface area contributed by atoms with E-state index in [4.69, 9.17) is 34.2 Å². The number of fused-ring (bicyclic) bond motifs is 1. The molecule has 2 fully saturated rings. The molecule has 8 aliphatic rings. The molecular formula is C48H47NO10. The molecule has 2 saturated carbocycles. The van der Waals surface area contributed by atoms with Crippen molar-refractivity contribution in [2.75, 3.05) is 6.54 Å². The summed E-state index contributed by atoms with van der Waals surface area (Å²) in [7, 11) is 0. The quantitative estimate of drug-likeness (QED) is 0.159. The Morgan fingerprint density at radius 1 is 0.712 bits per heavy atom. The molecule has 2 aliphatic heterocycles. The highest BCUT2D eigenvalue weighted by Crippen LogP contribution is 2.71. The van der Waals surface area contributed by atoms with Crippen LogP contribution in [0.1, 0.15) is 89.9 Å². The summed E-state index contributed by atoms with van der Waals surface area (Å²) in [6, 6.07) is 13.8. The molecule has 3 aromatic carbocycles. The van der Waals surface area contributed by atoms with E-state index in [1.807, 2.05) is 24.3 Å². The SMILES string of the molecule is CC(=O)O[C@H]1C=CC2[C@H]3Cc4ccc(OC(=O)c5ccc(C(=O)Oc6ccc7c8c6O[C@H]6[C@@H](OC(C)=O)C=CC9[C@H](C)C(CN)(C7)C[C@@]896)cc5)c5c4[C@@]2(CCC3C)[C@H]1O5. The summed E-state index contributed by atoms with van der Waals surface area (Å²) >= 11 is 0. The molecule has 6 aliphatic carbocycles. The van der Waals surface area contributed by atoms with E-state index in [1.165, 1.54) is 19.4 Å². The zero-order valence-corrected chi connectivity index (χ0v) is 33.5. The fraction of sp³-hybridized carbons (Fsp3) is 0.458. The number of carbonyl (C=O) groups is 4. The Morgan fingerprint density at radius 2 is 1.25 bits per heavy atom. The third-order valence-electron chi connectivity index (χ3n) is 15.8. The zero-order chi connectivity index (χ0) is 40.7. The first kappa shape index (κ1) is 36.6. The molecule has 2 N–H and O–H groups in total. The molecule has 2 spiro atoms. The minimum absolute atomic E-state index is 0.116. The van der Waals surface area contributed by atoms with Gasteiger partial charge in [0.1, 0.15) is 12.2 Å². The maximum Gasteiger partial charge on any atom is 0.343 e. The lowest BCUT2D eigenvalue weighted by Gasteiger charge is -2.55. The summed E-state index contributed by atoms with van der Waals surface area (Å²) in [6.45, 7) is 7.91. The summed E-state index contributed by atoms with van der Waals surface area (Å²) in [6.07, 6.45) is 10.7. The first-order valence-corrected chi connectivity index (χ1v) is 21.0. The van der Waals surface area contributed by atoms with Gasteiger partial charge in [-0.15, -0.1) is 0 Å². The fourth-order valence-corrected chi connectivity index (χ4v) is 13.3. The molecule has 11 heteroatoms. The lowest BCUT2D eigenvalue weighted by Crippen LogP contribution is -2.60. The van der Waals surface area contributed by atoms with Crippen molar-refractivity contribution >= 4 is 23.9 Å². The first-order valence-electron chi connectivity index (χ1n) is 21.0. The van der Waals surface area contributed by atoms with Gasteiger partial charge >= 0.3 is 23.9 Å². The van der Waals surface area contributed by atoms with E-state index < -0.39 is 47.7 Å². The van der Waals surface area contributed by atoms with Gasteiger partial charge < -0.3 is 34.2 Å². The second-order valence-electron chi connectivity index (χ2n) is 18.4. The molecule has 12 atom stereocenters. The van der Waals surface area contributed by atoms with Crippen molar-refractivity contribution in [2.45, 2.75) is 95.0 Å². The molecule has 11 nitrogen and oxygen atoms in total. The summed E-state index contributed by atoms with van der Waals surface area (Å²) in [5, 5.41) is 0.